The van der Waals surface area contributed by atoms with E-state index in [9.17, 15) is 0 Å². The highest BCUT2D eigenvalue weighted by Crippen LogP contribution is 2.36. The van der Waals surface area contributed by atoms with Gasteiger partial charge in [0.05, 0.1) is 11.9 Å². The van der Waals surface area contributed by atoms with Crippen LogP contribution >= 0.6 is 0 Å². The van der Waals surface area contributed by atoms with Gasteiger partial charge >= 0.3 is 0 Å². The van der Waals surface area contributed by atoms with Crippen LogP contribution in [0, 0.1) is 12.3 Å². The lowest BCUT2D eigenvalue weighted by atomic mass is 9.75. The van der Waals surface area contributed by atoms with Crippen LogP contribution < -0.4 is 5.32 Å². The molecule has 0 aliphatic heterocycles. The van der Waals surface area contributed by atoms with Crippen LogP contribution in [0.15, 0.2) is 18.3 Å². The minimum atomic E-state index is 0.494. The Morgan fingerprint density at radius 2 is 2.19 bits per heavy atom. The summed E-state index contributed by atoms with van der Waals surface area (Å²) in [4.78, 5) is 4.32. The second-order valence-electron chi connectivity index (χ2n) is 5.79. The number of hydrogen-bond donors (Lipinski definition) is 1. The molecule has 0 bridgehead atoms. The molecule has 88 valence electrons. The molecule has 0 aromatic carbocycles. The summed E-state index contributed by atoms with van der Waals surface area (Å²) in [7, 11) is 0. The number of nitrogens with zero attached hydrogens (tertiary/aromatic N) is 1. The van der Waals surface area contributed by atoms with Gasteiger partial charge in [-0.2, -0.15) is 0 Å². The lowest BCUT2D eigenvalue weighted by Crippen LogP contribution is -2.31. The van der Waals surface area contributed by atoms with Gasteiger partial charge in [-0.1, -0.05) is 20.3 Å². The molecule has 2 nitrogen and oxygen atoms in total. The second kappa shape index (κ2) is 4.44. The molecule has 1 heterocycles. The lowest BCUT2D eigenvalue weighted by Gasteiger charge is -2.36. The van der Waals surface area contributed by atoms with Crippen LogP contribution in [0.2, 0.25) is 0 Å². The van der Waals surface area contributed by atoms with Crippen LogP contribution in [0.4, 0.5) is 5.69 Å². The highest BCUT2D eigenvalue weighted by atomic mass is 14.9. The summed E-state index contributed by atoms with van der Waals surface area (Å²) in [5, 5.41) is 3.60. The number of anilines is 1. The van der Waals surface area contributed by atoms with Crippen molar-refractivity contribution in [3.63, 3.8) is 0 Å². The van der Waals surface area contributed by atoms with Crippen LogP contribution in [0.1, 0.15) is 45.2 Å². The van der Waals surface area contributed by atoms with E-state index >= 15 is 0 Å². The largest absolute Gasteiger partial charge is 0.381 e. The molecule has 1 fully saturated rings. The van der Waals surface area contributed by atoms with E-state index in [0.717, 1.165) is 11.4 Å². The summed E-state index contributed by atoms with van der Waals surface area (Å²) in [5.41, 5.74) is 2.73. The van der Waals surface area contributed by atoms with Crippen LogP contribution in [-0.4, -0.2) is 11.0 Å². The highest BCUT2D eigenvalue weighted by Gasteiger charge is 2.27. The first kappa shape index (κ1) is 11.4. The summed E-state index contributed by atoms with van der Waals surface area (Å²) in [6, 6.07) is 4.81. The Labute approximate surface area is 98.5 Å². The van der Waals surface area contributed by atoms with Crippen molar-refractivity contribution in [3.05, 3.63) is 24.0 Å². The predicted molar refractivity (Wildman–Crippen MR) is 68.6 cm³/mol. The summed E-state index contributed by atoms with van der Waals surface area (Å²) >= 11 is 0. The fourth-order valence-electron chi connectivity index (χ4n) is 2.61. The van der Waals surface area contributed by atoms with Crippen LogP contribution in [0.3, 0.4) is 0 Å². The van der Waals surface area contributed by atoms with Gasteiger partial charge in [-0.25, -0.2) is 0 Å². The smallest absolute Gasteiger partial charge is 0.0529 e. The van der Waals surface area contributed by atoms with Crippen molar-refractivity contribution >= 4 is 5.69 Å². The van der Waals surface area contributed by atoms with Crippen LogP contribution in [0.25, 0.3) is 0 Å². The molecule has 16 heavy (non-hydrogen) atoms. The van der Waals surface area contributed by atoms with E-state index in [-0.39, 0.29) is 0 Å². The zero-order chi connectivity index (χ0) is 11.6. The Kier molecular flexibility index (Phi) is 3.17. The Bertz CT molecular complexity index is 340. The third-order valence-corrected chi connectivity index (χ3v) is 3.49. The molecule has 1 atom stereocenters. The summed E-state index contributed by atoms with van der Waals surface area (Å²) < 4.78 is 0. The molecule has 1 aliphatic rings. The van der Waals surface area contributed by atoms with Crippen molar-refractivity contribution in [1.29, 1.82) is 0 Å². The maximum Gasteiger partial charge on any atom is 0.0529 e. The molecule has 1 aromatic heterocycles. The number of aryl methyl sites for hydroxylation is 1. The minimum absolute atomic E-state index is 0.494. The van der Waals surface area contributed by atoms with E-state index in [4.69, 9.17) is 0 Å². The molecular weight excluding hydrogens is 196 g/mol. The normalized spacial score (nSPS) is 24.1. The zero-order valence-corrected chi connectivity index (χ0v) is 10.6. The fraction of sp³-hybridized carbons (Fsp3) is 0.643. The maximum absolute atomic E-state index is 4.32. The predicted octanol–water partition coefficient (Wildman–Crippen LogP) is 3.77. The van der Waals surface area contributed by atoms with Gasteiger partial charge in [0.1, 0.15) is 0 Å². The van der Waals surface area contributed by atoms with Gasteiger partial charge in [0.15, 0.2) is 0 Å². The molecule has 1 unspecified atom stereocenters. The summed E-state index contributed by atoms with van der Waals surface area (Å²) in [6.07, 6.45) is 7.19. The molecule has 0 spiro atoms. The lowest BCUT2D eigenvalue weighted by molar-refractivity contribution is 0.229. The van der Waals surface area contributed by atoms with Crippen molar-refractivity contribution in [3.8, 4) is 0 Å². The van der Waals surface area contributed by atoms with E-state index < -0.39 is 0 Å². The van der Waals surface area contributed by atoms with E-state index in [1.165, 1.54) is 25.7 Å². The minimum Gasteiger partial charge on any atom is -0.381 e. The third-order valence-electron chi connectivity index (χ3n) is 3.49. The van der Waals surface area contributed by atoms with Crippen molar-refractivity contribution in [2.75, 3.05) is 5.32 Å². The van der Waals surface area contributed by atoms with Crippen molar-refractivity contribution in [1.82, 2.24) is 4.98 Å². The van der Waals surface area contributed by atoms with E-state index in [2.05, 4.69) is 36.3 Å². The first-order valence-electron chi connectivity index (χ1n) is 6.24. The number of nitrogens with one attached hydrogen (secondary N) is 1. The average Bonchev–Trinajstić information content (AvgIpc) is 2.20. The summed E-state index contributed by atoms with van der Waals surface area (Å²) in [5.74, 6) is 0. The second-order valence-corrected chi connectivity index (χ2v) is 5.79. The van der Waals surface area contributed by atoms with E-state index in [1.54, 1.807) is 0 Å². The van der Waals surface area contributed by atoms with E-state index in [0.29, 0.717) is 11.5 Å². The highest BCUT2D eigenvalue weighted by molar-refractivity contribution is 5.42. The molecule has 1 saturated carbocycles. The standard InChI is InChI=1S/C14H22N2/c1-11-6-7-13(10-15-11)16-12-5-4-8-14(2,3)9-12/h6-7,10,12,16H,4-5,8-9H2,1-3H3. The van der Waals surface area contributed by atoms with Crippen molar-refractivity contribution in [2.24, 2.45) is 5.41 Å². The number of hydrogen-bond acceptors (Lipinski definition) is 2. The van der Waals surface area contributed by atoms with Crippen molar-refractivity contribution < 1.29 is 0 Å². The molecule has 1 aromatic rings. The zero-order valence-electron chi connectivity index (χ0n) is 10.6. The molecule has 1 aliphatic carbocycles. The van der Waals surface area contributed by atoms with Gasteiger partial charge in [-0.15, -0.1) is 0 Å². The molecule has 0 amide bonds. The van der Waals surface area contributed by atoms with Gasteiger partial charge in [-0.3, -0.25) is 4.98 Å². The van der Waals surface area contributed by atoms with Crippen LogP contribution in [-0.2, 0) is 0 Å². The Morgan fingerprint density at radius 1 is 1.38 bits per heavy atom. The maximum atomic E-state index is 4.32. The Balaban J connectivity index is 1.97. The van der Waals surface area contributed by atoms with Gasteiger partial charge in [0, 0.05) is 11.7 Å². The SMILES string of the molecule is Cc1ccc(NC2CCCC(C)(C)C2)cn1. The average molecular weight is 218 g/mol. The summed E-state index contributed by atoms with van der Waals surface area (Å²) in [6.45, 7) is 6.76. The number of aromatic nitrogens is 1. The van der Waals surface area contributed by atoms with E-state index in [1.807, 2.05) is 13.1 Å². The quantitative estimate of drug-likeness (QED) is 0.817. The van der Waals surface area contributed by atoms with Gasteiger partial charge < -0.3 is 5.32 Å². The van der Waals surface area contributed by atoms with Gasteiger partial charge in [0.25, 0.3) is 0 Å². The monoisotopic (exact) mass is 218 g/mol. The first-order valence-corrected chi connectivity index (χ1v) is 6.24. The Hall–Kier alpha value is -1.05. The topological polar surface area (TPSA) is 24.9 Å². The number of pyridine rings is 1. The molecule has 0 saturated heterocycles. The fourth-order valence-corrected chi connectivity index (χ4v) is 2.61. The first-order chi connectivity index (χ1) is 7.55. The van der Waals surface area contributed by atoms with Gasteiger partial charge in [-0.05, 0) is 43.7 Å². The third kappa shape index (κ3) is 2.97. The van der Waals surface area contributed by atoms with Crippen molar-refractivity contribution in [2.45, 2.75) is 52.5 Å². The Morgan fingerprint density at radius 3 is 2.81 bits per heavy atom. The molecule has 1 N–H and O–H groups in total. The molecular formula is C14H22N2. The molecule has 2 heteroatoms. The number of rotatable bonds is 2. The molecule has 2 rings (SSSR count). The van der Waals surface area contributed by atoms with Gasteiger partial charge in [0.2, 0.25) is 0 Å². The molecule has 0 radical (unpaired) electrons. The van der Waals surface area contributed by atoms with Crippen LogP contribution in [0.5, 0.6) is 0 Å².